The van der Waals surface area contributed by atoms with Crippen LogP contribution in [0.25, 0.3) is 43.8 Å². The van der Waals surface area contributed by atoms with E-state index in [9.17, 15) is 0 Å². The predicted molar refractivity (Wildman–Crippen MR) is 143 cm³/mol. The van der Waals surface area contributed by atoms with Crippen LogP contribution in [0.1, 0.15) is 23.7 Å². The number of rotatable bonds is 4. The Morgan fingerprint density at radius 3 is 2.80 bits per heavy atom. The van der Waals surface area contributed by atoms with Crippen LogP contribution in [0.4, 0.5) is 0 Å². The maximum absolute atomic E-state index is 4.71. The van der Waals surface area contributed by atoms with Crippen molar-refractivity contribution in [1.82, 2.24) is 24.6 Å². The van der Waals surface area contributed by atoms with Crippen molar-refractivity contribution in [3.8, 4) is 11.1 Å². The van der Waals surface area contributed by atoms with Gasteiger partial charge in [-0.1, -0.05) is 37.3 Å². The highest BCUT2D eigenvalue weighted by molar-refractivity contribution is 5.91. The van der Waals surface area contributed by atoms with E-state index in [1.807, 2.05) is 18.5 Å². The van der Waals surface area contributed by atoms with E-state index in [-0.39, 0.29) is 0 Å². The number of pyridine rings is 1. The molecule has 5 nitrogen and oxygen atoms in total. The first-order chi connectivity index (χ1) is 17.2. The summed E-state index contributed by atoms with van der Waals surface area (Å²) in [5.41, 5.74) is 9.99. The van der Waals surface area contributed by atoms with Gasteiger partial charge in [0.1, 0.15) is 0 Å². The molecule has 6 aromatic rings. The topological polar surface area (TPSA) is 49.7 Å². The van der Waals surface area contributed by atoms with Crippen LogP contribution in [0.5, 0.6) is 0 Å². The van der Waals surface area contributed by atoms with E-state index >= 15 is 0 Å². The number of H-pyrrole nitrogens is 1. The van der Waals surface area contributed by atoms with Gasteiger partial charge in [0.25, 0.3) is 0 Å². The van der Waals surface area contributed by atoms with Crippen LogP contribution in [0.2, 0.25) is 0 Å². The maximum Gasteiger partial charge on any atom is 0.0702 e. The number of aromatic amines is 1. The lowest BCUT2D eigenvalue weighted by Gasteiger charge is -2.25. The number of hydrogen-bond acceptors (Lipinski definition) is 3. The van der Waals surface area contributed by atoms with Gasteiger partial charge >= 0.3 is 0 Å². The Balaban J connectivity index is 1.26. The smallest absolute Gasteiger partial charge is 0.0702 e. The maximum atomic E-state index is 4.71. The Bertz CT molecular complexity index is 1710. The molecule has 0 saturated carbocycles. The lowest BCUT2D eigenvalue weighted by atomic mass is 9.99. The molecule has 0 atom stereocenters. The zero-order valence-corrected chi connectivity index (χ0v) is 19.8. The van der Waals surface area contributed by atoms with Crippen molar-refractivity contribution in [3.63, 3.8) is 0 Å². The van der Waals surface area contributed by atoms with Gasteiger partial charge in [-0.3, -0.25) is 14.6 Å². The summed E-state index contributed by atoms with van der Waals surface area (Å²) in [7, 11) is 0. The summed E-state index contributed by atoms with van der Waals surface area (Å²) in [6.07, 6.45) is 4.90. The number of fused-ring (bicyclic) bond motifs is 5. The molecule has 1 aliphatic rings. The van der Waals surface area contributed by atoms with Gasteiger partial charge in [0.15, 0.2) is 0 Å². The SMILES string of the molecule is CCN1CCc2[nH]c3ccc(-c4ccc5cnn(Cc6ccc7ncccc7c6)c5c4)cc3c2C1. The van der Waals surface area contributed by atoms with Gasteiger partial charge < -0.3 is 4.98 Å². The van der Waals surface area contributed by atoms with E-state index in [2.05, 4.69) is 87.1 Å². The molecule has 0 saturated heterocycles. The molecule has 1 aliphatic heterocycles. The second kappa shape index (κ2) is 8.07. The van der Waals surface area contributed by atoms with Gasteiger partial charge in [0.2, 0.25) is 0 Å². The van der Waals surface area contributed by atoms with Crippen LogP contribution in [-0.2, 0) is 19.5 Å². The highest BCUT2D eigenvalue weighted by atomic mass is 15.3. The molecule has 3 aromatic heterocycles. The van der Waals surface area contributed by atoms with Gasteiger partial charge in [-0.2, -0.15) is 5.10 Å². The molecule has 172 valence electrons. The fourth-order valence-electron chi connectivity index (χ4n) is 5.49. The lowest BCUT2D eigenvalue weighted by Crippen LogP contribution is -2.29. The third-order valence-electron chi connectivity index (χ3n) is 7.48. The minimum Gasteiger partial charge on any atom is -0.358 e. The highest BCUT2D eigenvalue weighted by Crippen LogP contribution is 2.32. The minimum atomic E-state index is 0.731. The molecule has 1 N–H and O–H groups in total. The Morgan fingerprint density at radius 2 is 1.86 bits per heavy atom. The number of benzene rings is 3. The van der Waals surface area contributed by atoms with E-state index in [1.54, 1.807) is 0 Å². The Labute approximate surface area is 204 Å². The highest BCUT2D eigenvalue weighted by Gasteiger charge is 2.20. The zero-order chi connectivity index (χ0) is 23.4. The second-order valence-corrected chi connectivity index (χ2v) is 9.57. The molecule has 3 aromatic carbocycles. The van der Waals surface area contributed by atoms with Gasteiger partial charge in [0.05, 0.1) is 23.8 Å². The van der Waals surface area contributed by atoms with Crippen LogP contribution in [0.15, 0.2) is 79.1 Å². The summed E-state index contributed by atoms with van der Waals surface area (Å²) in [6, 6.07) is 24.1. The van der Waals surface area contributed by atoms with Gasteiger partial charge in [-0.05, 0) is 65.2 Å². The van der Waals surface area contributed by atoms with E-state index in [4.69, 9.17) is 5.10 Å². The summed E-state index contributed by atoms with van der Waals surface area (Å²) in [6.45, 7) is 6.24. The number of likely N-dealkylation sites (N-methyl/N-ethyl adjacent to an activating group) is 1. The molecular formula is C30H27N5. The standard InChI is InChI=1S/C30H27N5/c1-2-34-13-11-29-26(19-34)25-15-21(8-10-28(25)33-29)22-6-7-24-17-32-35(30(24)16-22)18-20-5-9-27-23(14-20)4-3-12-31-27/h3-10,12,14-17,33H,2,11,13,18-19H2,1H3. The van der Waals surface area contributed by atoms with Crippen LogP contribution in [0.3, 0.4) is 0 Å². The van der Waals surface area contributed by atoms with E-state index in [0.29, 0.717) is 0 Å². The molecule has 0 bridgehead atoms. The lowest BCUT2D eigenvalue weighted by molar-refractivity contribution is 0.268. The van der Waals surface area contributed by atoms with Gasteiger partial charge in [-0.15, -0.1) is 0 Å². The fraction of sp³-hybridized carbons (Fsp3) is 0.200. The number of aromatic nitrogens is 4. The first kappa shape index (κ1) is 20.4. The molecule has 35 heavy (non-hydrogen) atoms. The average molecular weight is 458 g/mol. The Morgan fingerprint density at radius 1 is 0.943 bits per heavy atom. The fourth-order valence-corrected chi connectivity index (χ4v) is 5.49. The minimum absolute atomic E-state index is 0.731. The molecule has 7 rings (SSSR count). The molecule has 0 spiro atoms. The first-order valence-electron chi connectivity index (χ1n) is 12.4. The molecular weight excluding hydrogens is 430 g/mol. The second-order valence-electron chi connectivity index (χ2n) is 9.57. The number of nitrogens with zero attached hydrogens (tertiary/aromatic N) is 4. The number of hydrogen-bond donors (Lipinski definition) is 1. The molecule has 0 unspecified atom stereocenters. The van der Waals surface area contributed by atoms with Crippen molar-refractivity contribution in [2.24, 2.45) is 0 Å². The van der Waals surface area contributed by atoms with Crippen molar-refractivity contribution in [2.45, 2.75) is 26.4 Å². The summed E-state index contributed by atoms with van der Waals surface area (Å²) in [4.78, 5) is 10.6. The van der Waals surface area contributed by atoms with Crippen LogP contribution >= 0.6 is 0 Å². The number of nitrogens with one attached hydrogen (secondary N) is 1. The van der Waals surface area contributed by atoms with Crippen LogP contribution < -0.4 is 0 Å². The normalized spacial score (nSPS) is 14.2. The van der Waals surface area contributed by atoms with Crippen LogP contribution in [-0.4, -0.2) is 37.7 Å². The summed E-state index contributed by atoms with van der Waals surface area (Å²) in [5, 5.41) is 8.39. The summed E-state index contributed by atoms with van der Waals surface area (Å²) in [5.74, 6) is 0. The summed E-state index contributed by atoms with van der Waals surface area (Å²) >= 11 is 0. The Hall–Kier alpha value is -3.96. The van der Waals surface area contributed by atoms with Crippen molar-refractivity contribution in [2.75, 3.05) is 13.1 Å². The first-order valence-corrected chi connectivity index (χ1v) is 12.4. The molecule has 0 aliphatic carbocycles. The third kappa shape index (κ3) is 3.51. The van der Waals surface area contributed by atoms with Crippen molar-refractivity contribution in [3.05, 3.63) is 95.9 Å². The molecule has 0 amide bonds. The zero-order valence-electron chi connectivity index (χ0n) is 19.8. The molecule has 0 fully saturated rings. The van der Waals surface area contributed by atoms with E-state index in [1.165, 1.54) is 38.9 Å². The predicted octanol–water partition coefficient (Wildman–Crippen LogP) is 6.16. The van der Waals surface area contributed by atoms with Crippen molar-refractivity contribution >= 4 is 32.7 Å². The largest absolute Gasteiger partial charge is 0.358 e. The van der Waals surface area contributed by atoms with Gasteiger partial charge in [0, 0.05) is 53.1 Å². The molecule has 0 radical (unpaired) electrons. The van der Waals surface area contributed by atoms with Crippen LogP contribution in [0, 0.1) is 0 Å². The monoisotopic (exact) mass is 457 g/mol. The quantitative estimate of drug-likeness (QED) is 0.345. The Kier molecular flexibility index (Phi) is 4.71. The van der Waals surface area contributed by atoms with Crippen molar-refractivity contribution in [1.29, 1.82) is 0 Å². The third-order valence-corrected chi connectivity index (χ3v) is 7.48. The average Bonchev–Trinajstić information content (AvgIpc) is 3.48. The van der Waals surface area contributed by atoms with E-state index < -0.39 is 0 Å². The molecule has 4 heterocycles. The molecule has 5 heteroatoms. The summed E-state index contributed by atoms with van der Waals surface area (Å²) < 4.78 is 2.10. The van der Waals surface area contributed by atoms with Gasteiger partial charge in [-0.25, -0.2) is 0 Å². The van der Waals surface area contributed by atoms with E-state index in [0.717, 1.165) is 54.4 Å². The van der Waals surface area contributed by atoms with Crippen molar-refractivity contribution < 1.29 is 0 Å².